The van der Waals surface area contributed by atoms with E-state index in [1.54, 1.807) is 0 Å². The van der Waals surface area contributed by atoms with Gasteiger partial charge in [-0.1, -0.05) is 0 Å². The van der Waals surface area contributed by atoms with E-state index in [2.05, 4.69) is 9.47 Å². The maximum absolute atomic E-state index is 12.7. The Morgan fingerprint density at radius 3 is 2.24 bits per heavy atom. The molecule has 0 aliphatic rings. The van der Waals surface area contributed by atoms with Crippen LogP contribution in [0.15, 0.2) is 12.1 Å². The Balaban J connectivity index is 3.41. The van der Waals surface area contributed by atoms with E-state index in [9.17, 15) is 18.0 Å². The van der Waals surface area contributed by atoms with Crippen LogP contribution in [0.4, 0.5) is 13.2 Å². The predicted octanol–water partition coefficient (Wildman–Crippen LogP) is 2.81. The minimum atomic E-state index is -4.52. The number of hydrogen-bond acceptors (Lipinski definition) is 3. The fraction of sp³-hybridized carbons (Fsp3) is 0.364. The molecule has 0 saturated carbocycles. The van der Waals surface area contributed by atoms with E-state index in [4.69, 9.17) is 0 Å². The normalized spacial score (nSPS) is 11.2. The number of carbonyl (C=O) groups is 1. The molecule has 0 N–H and O–H groups in total. The average molecular weight is 248 g/mol. The summed E-state index contributed by atoms with van der Waals surface area (Å²) in [6, 6.07) is 2.14. The Morgan fingerprint density at radius 2 is 1.82 bits per heavy atom. The molecule has 0 amide bonds. The quantitative estimate of drug-likeness (QED) is 0.755. The molecule has 3 nitrogen and oxygen atoms in total. The number of hydrogen-bond donors (Lipinski definition) is 0. The summed E-state index contributed by atoms with van der Waals surface area (Å²) in [6.07, 6.45) is -4.52. The summed E-state index contributed by atoms with van der Waals surface area (Å²) in [5.41, 5.74) is -0.945. The average Bonchev–Trinajstić information content (AvgIpc) is 2.24. The Bertz CT molecular complexity index is 438. The standard InChI is InChI=1S/C11H11F3O3/c1-6-4-7(10(15)17-3)5-8(16-2)9(6)11(12,13)14/h4-5H,1-3H3. The van der Waals surface area contributed by atoms with Crippen molar-refractivity contribution < 1.29 is 27.4 Å². The molecule has 0 fully saturated rings. The number of benzene rings is 1. The highest BCUT2D eigenvalue weighted by atomic mass is 19.4. The second kappa shape index (κ2) is 4.65. The molecule has 0 heterocycles. The van der Waals surface area contributed by atoms with Gasteiger partial charge in [0.15, 0.2) is 0 Å². The van der Waals surface area contributed by atoms with Crippen LogP contribution in [0.3, 0.4) is 0 Å². The number of aryl methyl sites for hydroxylation is 1. The van der Waals surface area contributed by atoms with Gasteiger partial charge in [0.05, 0.1) is 19.8 Å². The van der Waals surface area contributed by atoms with Crippen molar-refractivity contribution >= 4 is 5.97 Å². The van der Waals surface area contributed by atoms with Crippen LogP contribution in [0.2, 0.25) is 0 Å². The van der Waals surface area contributed by atoms with E-state index in [-0.39, 0.29) is 11.1 Å². The molecule has 0 unspecified atom stereocenters. The van der Waals surface area contributed by atoms with Crippen LogP contribution in [0, 0.1) is 6.92 Å². The lowest BCUT2D eigenvalue weighted by Gasteiger charge is -2.15. The molecule has 0 aromatic heterocycles. The van der Waals surface area contributed by atoms with Gasteiger partial charge in [-0.3, -0.25) is 0 Å². The molecule has 6 heteroatoms. The largest absolute Gasteiger partial charge is 0.496 e. The van der Waals surface area contributed by atoms with Gasteiger partial charge >= 0.3 is 12.1 Å². The van der Waals surface area contributed by atoms with Crippen molar-refractivity contribution in [2.24, 2.45) is 0 Å². The second-order valence-corrected chi connectivity index (χ2v) is 3.36. The topological polar surface area (TPSA) is 35.5 Å². The monoisotopic (exact) mass is 248 g/mol. The summed E-state index contributed by atoms with van der Waals surface area (Å²) in [7, 11) is 2.27. The minimum Gasteiger partial charge on any atom is -0.496 e. The summed E-state index contributed by atoms with van der Waals surface area (Å²) in [5, 5.41) is 0. The first-order valence-electron chi connectivity index (χ1n) is 4.65. The van der Waals surface area contributed by atoms with Crippen LogP contribution in [0.25, 0.3) is 0 Å². The number of carbonyl (C=O) groups excluding carboxylic acids is 1. The molecule has 94 valence electrons. The van der Waals surface area contributed by atoms with E-state index in [1.807, 2.05) is 0 Å². The zero-order valence-corrected chi connectivity index (χ0v) is 9.51. The van der Waals surface area contributed by atoms with Gasteiger partial charge in [-0.15, -0.1) is 0 Å². The smallest absolute Gasteiger partial charge is 0.420 e. The first-order valence-corrected chi connectivity index (χ1v) is 4.65. The van der Waals surface area contributed by atoms with Crippen molar-refractivity contribution in [1.29, 1.82) is 0 Å². The van der Waals surface area contributed by atoms with Gasteiger partial charge in [0.25, 0.3) is 0 Å². The maximum Gasteiger partial charge on any atom is 0.420 e. The molecular weight excluding hydrogens is 237 g/mol. The van der Waals surface area contributed by atoms with Crippen molar-refractivity contribution in [2.45, 2.75) is 13.1 Å². The maximum atomic E-state index is 12.7. The van der Waals surface area contributed by atoms with E-state index in [1.165, 1.54) is 6.92 Å². The summed E-state index contributed by atoms with van der Waals surface area (Å²) in [4.78, 5) is 11.2. The molecule has 0 saturated heterocycles. The Hall–Kier alpha value is -1.72. The van der Waals surface area contributed by atoms with Crippen molar-refractivity contribution in [1.82, 2.24) is 0 Å². The highest BCUT2D eigenvalue weighted by Crippen LogP contribution is 2.39. The van der Waals surface area contributed by atoms with E-state index in [0.29, 0.717) is 0 Å². The van der Waals surface area contributed by atoms with Crippen LogP contribution in [0.5, 0.6) is 5.75 Å². The Morgan fingerprint density at radius 1 is 1.24 bits per heavy atom. The van der Waals surface area contributed by atoms with Crippen LogP contribution >= 0.6 is 0 Å². The SMILES string of the molecule is COC(=O)c1cc(C)c(C(F)(F)F)c(OC)c1. The van der Waals surface area contributed by atoms with Gasteiger partial charge in [0.1, 0.15) is 11.3 Å². The van der Waals surface area contributed by atoms with Gasteiger partial charge < -0.3 is 9.47 Å². The fourth-order valence-corrected chi connectivity index (χ4v) is 1.51. The highest BCUT2D eigenvalue weighted by molar-refractivity contribution is 5.90. The molecule has 0 bridgehead atoms. The highest BCUT2D eigenvalue weighted by Gasteiger charge is 2.36. The Kier molecular flexibility index (Phi) is 3.65. The minimum absolute atomic E-state index is 0.0230. The number of rotatable bonds is 2. The molecule has 0 radical (unpaired) electrons. The zero-order valence-electron chi connectivity index (χ0n) is 9.51. The van der Waals surface area contributed by atoms with E-state index < -0.39 is 23.5 Å². The molecule has 1 aromatic carbocycles. The molecule has 0 aliphatic carbocycles. The number of halogens is 3. The number of ether oxygens (including phenoxy) is 2. The van der Waals surface area contributed by atoms with Crippen molar-refractivity contribution in [2.75, 3.05) is 14.2 Å². The lowest BCUT2D eigenvalue weighted by molar-refractivity contribution is -0.139. The summed E-state index contributed by atoms with van der Waals surface area (Å²) in [5.74, 6) is -1.10. The summed E-state index contributed by atoms with van der Waals surface area (Å²) in [6.45, 7) is 1.26. The third-order valence-electron chi connectivity index (χ3n) is 2.22. The third kappa shape index (κ3) is 2.69. The molecule has 0 aliphatic heterocycles. The molecule has 0 spiro atoms. The van der Waals surface area contributed by atoms with E-state index >= 15 is 0 Å². The van der Waals surface area contributed by atoms with Gasteiger partial charge in [0.2, 0.25) is 0 Å². The van der Waals surface area contributed by atoms with Crippen molar-refractivity contribution in [3.05, 3.63) is 28.8 Å². The van der Waals surface area contributed by atoms with Gasteiger partial charge in [-0.2, -0.15) is 13.2 Å². The molecule has 1 rings (SSSR count). The fourth-order valence-electron chi connectivity index (χ4n) is 1.51. The first-order chi connectivity index (χ1) is 7.81. The zero-order chi connectivity index (χ0) is 13.2. The molecular formula is C11H11F3O3. The third-order valence-corrected chi connectivity index (χ3v) is 2.22. The van der Waals surface area contributed by atoms with Gasteiger partial charge in [0, 0.05) is 0 Å². The lowest BCUT2D eigenvalue weighted by atomic mass is 10.0. The van der Waals surface area contributed by atoms with Crippen LogP contribution < -0.4 is 4.74 Å². The van der Waals surface area contributed by atoms with E-state index in [0.717, 1.165) is 26.4 Å². The molecule has 0 atom stereocenters. The lowest BCUT2D eigenvalue weighted by Crippen LogP contribution is -2.12. The predicted molar refractivity (Wildman–Crippen MR) is 54.1 cm³/mol. The van der Waals surface area contributed by atoms with Crippen LogP contribution in [-0.2, 0) is 10.9 Å². The van der Waals surface area contributed by atoms with Crippen LogP contribution in [0.1, 0.15) is 21.5 Å². The Labute approximate surface area is 96.1 Å². The van der Waals surface area contributed by atoms with Crippen LogP contribution in [-0.4, -0.2) is 20.2 Å². The molecule has 1 aromatic rings. The number of methoxy groups -OCH3 is 2. The second-order valence-electron chi connectivity index (χ2n) is 3.36. The van der Waals surface area contributed by atoms with Crippen molar-refractivity contribution in [3.63, 3.8) is 0 Å². The van der Waals surface area contributed by atoms with Crippen molar-refractivity contribution in [3.8, 4) is 5.75 Å². The first kappa shape index (κ1) is 13.3. The summed E-state index contributed by atoms with van der Waals surface area (Å²) < 4.78 is 47.2. The number of esters is 1. The van der Waals surface area contributed by atoms with Gasteiger partial charge in [-0.05, 0) is 24.6 Å². The summed E-state index contributed by atoms with van der Waals surface area (Å²) >= 11 is 0. The molecule has 17 heavy (non-hydrogen) atoms. The van der Waals surface area contributed by atoms with Gasteiger partial charge in [-0.25, -0.2) is 4.79 Å². The number of alkyl halides is 3.